The second-order valence-corrected chi connectivity index (χ2v) is 11.3. The minimum Gasteiger partial charge on any atom is -0.416 e. The Morgan fingerprint density at radius 1 is 0.889 bits per heavy atom. The van der Waals surface area contributed by atoms with Crippen molar-refractivity contribution in [1.29, 1.82) is 0 Å². The standard InChI is InChI=1S/C30H38N3O3/c34-30(25-12-6-2-7-13-25,26-14-8-3-9-15-26)29-32-31-28(36-29)21-33-18-16-24(17-19-33)27(20-33)35-22-23-10-4-1-5-11-23/h1-2,4-7,10-13,24,26-27,34H,3,8-9,14-22H2/q+1/t24?,27?,30-,33?/m0/s1. The Labute approximate surface area is 213 Å². The summed E-state index contributed by atoms with van der Waals surface area (Å²) in [5.74, 6) is 1.73. The smallest absolute Gasteiger partial charge is 0.271 e. The van der Waals surface area contributed by atoms with Gasteiger partial charge < -0.3 is 18.7 Å². The first-order valence-electron chi connectivity index (χ1n) is 13.8. The van der Waals surface area contributed by atoms with E-state index in [1.807, 2.05) is 36.4 Å². The number of aromatic nitrogens is 2. The molecule has 3 aliphatic heterocycles. The largest absolute Gasteiger partial charge is 0.416 e. The van der Waals surface area contributed by atoms with Crippen LogP contribution in [-0.2, 0) is 23.5 Å². The van der Waals surface area contributed by atoms with Crippen LogP contribution in [0, 0.1) is 11.8 Å². The molecule has 36 heavy (non-hydrogen) atoms. The van der Waals surface area contributed by atoms with Crippen molar-refractivity contribution in [2.45, 2.75) is 69.8 Å². The molecule has 2 bridgehead atoms. The van der Waals surface area contributed by atoms with Crippen LogP contribution >= 0.6 is 0 Å². The summed E-state index contributed by atoms with van der Waals surface area (Å²) in [7, 11) is 0. The summed E-state index contributed by atoms with van der Waals surface area (Å²) < 4.78 is 13.7. The van der Waals surface area contributed by atoms with Gasteiger partial charge in [0.1, 0.15) is 12.6 Å². The second kappa shape index (κ2) is 10.1. The maximum absolute atomic E-state index is 12.1. The fraction of sp³-hybridized carbons (Fsp3) is 0.533. The lowest BCUT2D eigenvalue weighted by Gasteiger charge is -2.51. The van der Waals surface area contributed by atoms with Gasteiger partial charge in [0, 0.05) is 24.7 Å². The SMILES string of the molecule is O[C@](c1ccccc1)(c1nnc(C[N+]23CCC(CC2)C(OCc2ccccc2)C3)o1)C1CCCCC1. The minimum absolute atomic E-state index is 0.0930. The van der Waals surface area contributed by atoms with E-state index in [1.54, 1.807) is 0 Å². The highest BCUT2D eigenvalue weighted by Gasteiger charge is 2.49. The molecule has 1 aliphatic carbocycles. The zero-order valence-electron chi connectivity index (χ0n) is 21.1. The molecule has 0 radical (unpaired) electrons. The molecular weight excluding hydrogens is 450 g/mol. The molecule has 0 amide bonds. The van der Waals surface area contributed by atoms with E-state index >= 15 is 0 Å². The number of rotatable bonds is 8. The van der Waals surface area contributed by atoms with Crippen LogP contribution in [0.4, 0.5) is 0 Å². The number of fused-ring (bicyclic) bond motifs is 3. The Hall–Kier alpha value is -2.54. The first-order chi connectivity index (χ1) is 17.6. The predicted octanol–water partition coefficient (Wildman–Crippen LogP) is 5.21. The quantitative estimate of drug-likeness (QED) is 0.441. The van der Waals surface area contributed by atoms with Gasteiger partial charge in [0.25, 0.3) is 11.8 Å². The van der Waals surface area contributed by atoms with Crippen molar-refractivity contribution >= 4 is 0 Å². The molecule has 6 nitrogen and oxygen atoms in total. The predicted molar refractivity (Wildman–Crippen MR) is 137 cm³/mol. The van der Waals surface area contributed by atoms with Gasteiger partial charge in [0.05, 0.1) is 19.7 Å². The Bertz CT molecular complexity index is 1120. The molecule has 7 rings (SSSR count). The average molecular weight is 489 g/mol. The second-order valence-electron chi connectivity index (χ2n) is 11.3. The molecule has 1 saturated carbocycles. The van der Waals surface area contributed by atoms with E-state index in [0.29, 0.717) is 30.9 Å². The van der Waals surface area contributed by atoms with E-state index in [2.05, 4.69) is 34.5 Å². The van der Waals surface area contributed by atoms with Gasteiger partial charge in [0.2, 0.25) is 0 Å². The van der Waals surface area contributed by atoms with Crippen molar-refractivity contribution in [2.24, 2.45) is 11.8 Å². The lowest BCUT2D eigenvalue weighted by molar-refractivity contribution is -0.959. The summed E-state index contributed by atoms with van der Waals surface area (Å²) in [6.07, 6.45) is 8.06. The van der Waals surface area contributed by atoms with Crippen LogP contribution in [0.15, 0.2) is 65.1 Å². The Kier molecular flexibility index (Phi) is 6.67. The van der Waals surface area contributed by atoms with Crippen molar-refractivity contribution < 1.29 is 18.7 Å². The highest BCUT2D eigenvalue weighted by molar-refractivity contribution is 5.29. The molecule has 1 N–H and O–H groups in total. The van der Waals surface area contributed by atoms with Crippen LogP contribution in [0.25, 0.3) is 0 Å². The molecular formula is C30H38N3O3+. The van der Waals surface area contributed by atoms with Gasteiger partial charge in [-0.25, -0.2) is 0 Å². The lowest BCUT2D eigenvalue weighted by Crippen LogP contribution is -2.63. The number of benzene rings is 2. The van der Waals surface area contributed by atoms with Gasteiger partial charge in [-0.3, -0.25) is 0 Å². The zero-order chi connectivity index (χ0) is 24.4. The Morgan fingerprint density at radius 2 is 1.58 bits per heavy atom. The summed E-state index contributed by atoms with van der Waals surface area (Å²) in [6.45, 7) is 4.61. The molecule has 4 heterocycles. The first kappa shape index (κ1) is 23.8. The third kappa shape index (κ3) is 4.62. The number of hydrogen-bond acceptors (Lipinski definition) is 5. The van der Waals surface area contributed by atoms with Gasteiger partial charge in [-0.05, 0) is 24.0 Å². The summed E-state index contributed by atoms with van der Waals surface area (Å²) in [5.41, 5.74) is 0.848. The zero-order valence-corrected chi connectivity index (χ0v) is 21.1. The fourth-order valence-electron chi connectivity index (χ4n) is 6.91. The minimum atomic E-state index is -1.23. The van der Waals surface area contributed by atoms with Crippen LogP contribution in [0.5, 0.6) is 0 Å². The molecule has 190 valence electrons. The van der Waals surface area contributed by atoms with E-state index < -0.39 is 5.60 Å². The number of piperidine rings is 3. The molecule has 3 aromatic rings. The highest BCUT2D eigenvalue weighted by Crippen LogP contribution is 2.44. The third-order valence-corrected chi connectivity index (χ3v) is 9.02. The van der Waals surface area contributed by atoms with Crippen LogP contribution in [0.1, 0.15) is 67.9 Å². The lowest BCUT2D eigenvalue weighted by atomic mass is 9.73. The molecule has 1 unspecified atom stereocenters. The molecule has 2 aromatic carbocycles. The number of ether oxygens (including phenoxy) is 1. The molecule has 2 atom stereocenters. The van der Waals surface area contributed by atoms with Crippen molar-refractivity contribution in [3.8, 4) is 0 Å². The number of hydrogen-bond donors (Lipinski definition) is 1. The topological polar surface area (TPSA) is 68.4 Å². The van der Waals surface area contributed by atoms with E-state index in [0.717, 1.165) is 55.4 Å². The maximum atomic E-state index is 12.1. The summed E-state index contributed by atoms with van der Waals surface area (Å²) in [4.78, 5) is 0. The summed E-state index contributed by atoms with van der Waals surface area (Å²) in [6, 6.07) is 20.4. The van der Waals surface area contributed by atoms with Crippen LogP contribution in [-0.4, -0.2) is 45.5 Å². The summed E-state index contributed by atoms with van der Waals surface area (Å²) in [5, 5.41) is 21.1. The third-order valence-electron chi connectivity index (χ3n) is 9.02. The van der Waals surface area contributed by atoms with Crippen molar-refractivity contribution in [1.82, 2.24) is 10.2 Å². The van der Waals surface area contributed by atoms with Gasteiger partial charge in [0.15, 0.2) is 12.1 Å². The Morgan fingerprint density at radius 3 is 2.31 bits per heavy atom. The Balaban J connectivity index is 1.20. The van der Waals surface area contributed by atoms with Crippen LogP contribution < -0.4 is 0 Å². The molecule has 4 aliphatic rings. The van der Waals surface area contributed by atoms with Crippen molar-refractivity contribution in [2.75, 3.05) is 19.6 Å². The molecule has 4 fully saturated rings. The molecule has 1 aromatic heterocycles. The normalized spacial score (nSPS) is 28.1. The maximum Gasteiger partial charge on any atom is 0.271 e. The number of nitrogens with zero attached hydrogens (tertiary/aromatic N) is 3. The van der Waals surface area contributed by atoms with Gasteiger partial charge >= 0.3 is 0 Å². The highest BCUT2D eigenvalue weighted by atomic mass is 16.5. The number of quaternary nitrogens is 1. The van der Waals surface area contributed by atoms with E-state index in [1.165, 1.54) is 24.8 Å². The van der Waals surface area contributed by atoms with E-state index in [9.17, 15) is 5.11 Å². The fourth-order valence-corrected chi connectivity index (χ4v) is 6.91. The van der Waals surface area contributed by atoms with Crippen molar-refractivity contribution in [3.05, 3.63) is 83.6 Å². The molecule has 6 heteroatoms. The van der Waals surface area contributed by atoms with Gasteiger partial charge in [-0.1, -0.05) is 79.9 Å². The van der Waals surface area contributed by atoms with E-state index in [-0.39, 0.29) is 12.0 Å². The van der Waals surface area contributed by atoms with Crippen molar-refractivity contribution in [3.63, 3.8) is 0 Å². The van der Waals surface area contributed by atoms with Crippen LogP contribution in [0.3, 0.4) is 0 Å². The van der Waals surface area contributed by atoms with E-state index in [4.69, 9.17) is 9.15 Å². The average Bonchev–Trinajstić information content (AvgIpc) is 3.42. The summed E-state index contributed by atoms with van der Waals surface area (Å²) >= 11 is 0. The first-order valence-corrected chi connectivity index (χ1v) is 13.8. The van der Waals surface area contributed by atoms with Crippen LogP contribution in [0.2, 0.25) is 0 Å². The monoisotopic (exact) mass is 488 g/mol. The molecule has 0 spiro atoms. The van der Waals surface area contributed by atoms with Gasteiger partial charge in [-0.2, -0.15) is 0 Å². The number of aliphatic hydroxyl groups is 1. The van der Waals surface area contributed by atoms with Gasteiger partial charge in [-0.15, -0.1) is 10.2 Å². The molecule has 3 saturated heterocycles.